The van der Waals surface area contributed by atoms with E-state index in [0.29, 0.717) is 17.4 Å². The Kier molecular flexibility index (Phi) is 4.34. The summed E-state index contributed by atoms with van der Waals surface area (Å²) in [6.45, 7) is 10.4. The van der Waals surface area contributed by atoms with Crippen molar-refractivity contribution < 1.29 is 0 Å². The van der Waals surface area contributed by atoms with Crippen LogP contribution in [0.25, 0.3) is 0 Å². The topological polar surface area (TPSA) is 29.9 Å². The van der Waals surface area contributed by atoms with Crippen molar-refractivity contribution in [3.8, 4) is 0 Å². The number of aryl methyl sites for hydroxylation is 1. The molecule has 1 N–H and O–H groups in total. The Bertz CT molecular complexity index is 404. The van der Waals surface area contributed by atoms with Crippen LogP contribution in [0, 0.1) is 11.3 Å². The monoisotopic (exact) mass is 263 g/mol. The van der Waals surface area contributed by atoms with E-state index in [0.717, 1.165) is 12.5 Å². The minimum Gasteiger partial charge on any atom is -0.338 e. The Hall–Kier alpha value is -0.830. The fraction of sp³-hybridized carbons (Fsp3) is 0.812. The van der Waals surface area contributed by atoms with Crippen LogP contribution in [0.15, 0.2) is 12.4 Å². The van der Waals surface area contributed by atoms with Gasteiger partial charge in [0, 0.05) is 31.4 Å². The van der Waals surface area contributed by atoms with Gasteiger partial charge >= 0.3 is 0 Å². The molecule has 2 rings (SSSR count). The molecule has 1 aliphatic carbocycles. The molecule has 0 radical (unpaired) electrons. The minimum absolute atomic E-state index is 0.449. The molecule has 2 unspecified atom stereocenters. The molecule has 108 valence electrons. The van der Waals surface area contributed by atoms with Gasteiger partial charge in [-0.3, -0.25) is 0 Å². The van der Waals surface area contributed by atoms with E-state index in [9.17, 15) is 0 Å². The molecule has 0 spiro atoms. The Morgan fingerprint density at radius 2 is 2.21 bits per heavy atom. The lowest BCUT2D eigenvalue weighted by Crippen LogP contribution is -2.37. The van der Waals surface area contributed by atoms with Crippen LogP contribution >= 0.6 is 0 Å². The number of rotatable bonds is 4. The lowest BCUT2D eigenvalue weighted by molar-refractivity contribution is 0.152. The molecule has 1 heterocycles. The van der Waals surface area contributed by atoms with Crippen molar-refractivity contribution in [3.05, 3.63) is 18.2 Å². The summed E-state index contributed by atoms with van der Waals surface area (Å²) in [7, 11) is 2.12. The average Bonchev–Trinajstić information content (AvgIpc) is 2.72. The summed E-state index contributed by atoms with van der Waals surface area (Å²) in [5.74, 6) is 2.58. The number of hydrogen-bond acceptors (Lipinski definition) is 2. The van der Waals surface area contributed by atoms with Crippen molar-refractivity contribution >= 4 is 0 Å². The minimum atomic E-state index is 0.449. The van der Waals surface area contributed by atoms with E-state index in [1.54, 1.807) is 0 Å². The van der Waals surface area contributed by atoms with Crippen molar-refractivity contribution in [1.82, 2.24) is 14.9 Å². The maximum absolute atomic E-state index is 4.62. The third-order valence-corrected chi connectivity index (χ3v) is 4.51. The fourth-order valence-corrected chi connectivity index (χ4v) is 3.31. The molecule has 3 nitrogen and oxygen atoms in total. The van der Waals surface area contributed by atoms with Crippen LogP contribution in [0.4, 0.5) is 0 Å². The molecule has 2 atom stereocenters. The van der Waals surface area contributed by atoms with Gasteiger partial charge in [-0.1, -0.05) is 27.7 Å². The Morgan fingerprint density at radius 1 is 1.47 bits per heavy atom. The second kappa shape index (κ2) is 5.66. The lowest BCUT2D eigenvalue weighted by Gasteiger charge is -2.40. The van der Waals surface area contributed by atoms with Crippen LogP contribution in [-0.2, 0) is 7.05 Å². The molecule has 0 amide bonds. The zero-order chi connectivity index (χ0) is 14.0. The first kappa shape index (κ1) is 14.6. The predicted octanol–water partition coefficient (Wildman–Crippen LogP) is 3.33. The molecule has 3 heteroatoms. The van der Waals surface area contributed by atoms with Gasteiger partial charge < -0.3 is 9.88 Å². The number of nitrogens with zero attached hydrogens (tertiary/aromatic N) is 2. The van der Waals surface area contributed by atoms with Gasteiger partial charge in [-0.25, -0.2) is 4.98 Å². The van der Waals surface area contributed by atoms with Gasteiger partial charge in [0.25, 0.3) is 0 Å². The van der Waals surface area contributed by atoms with Gasteiger partial charge in [-0.15, -0.1) is 0 Å². The molecule has 1 aromatic heterocycles. The van der Waals surface area contributed by atoms with Gasteiger partial charge in [0.15, 0.2) is 0 Å². The largest absolute Gasteiger partial charge is 0.338 e. The third kappa shape index (κ3) is 3.59. The summed E-state index contributed by atoms with van der Waals surface area (Å²) in [6, 6.07) is 0.567. The first-order valence-electron chi connectivity index (χ1n) is 7.59. The molecule has 1 fully saturated rings. The van der Waals surface area contributed by atoms with Crippen LogP contribution in [0.2, 0.25) is 0 Å². The summed E-state index contributed by atoms with van der Waals surface area (Å²) >= 11 is 0. The van der Waals surface area contributed by atoms with E-state index in [2.05, 4.69) is 55.8 Å². The van der Waals surface area contributed by atoms with E-state index in [1.165, 1.54) is 25.1 Å². The van der Waals surface area contributed by atoms with Crippen molar-refractivity contribution in [2.24, 2.45) is 18.4 Å². The van der Waals surface area contributed by atoms with E-state index in [4.69, 9.17) is 0 Å². The predicted molar refractivity (Wildman–Crippen MR) is 80.2 cm³/mol. The summed E-state index contributed by atoms with van der Waals surface area (Å²) < 4.78 is 2.20. The van der Waals surface area contributed by atoms with Gasteiger partial charge in [-0.2, -0.15) is 0 Å². The third-order valence-electron chi connectivity index (χ3n) is 4.51. The number of imidazole rings is 1. The Morgan fingerprint density at radius 3 is 2.79 bits per heavy atom. The van der Waals surface area contributed by atoms with Crippen LogP contribution in [-0.4, -0.2) is 22.1 Å². The average molecular weight is 263 g/mol. The maximum Gasteiger partial charge on any atom is 0.111 e. The lowest BCUT2D eigenvalue weighted by atomic mass is 9.66. The van der Waals surface area contributed by atoms with Crippen LogP contribution < -0.4 is 5.32 Å². The normalized spacial score (nSPS) is 26.8. The zero-order valence-electron chi connectivity index (χ0n) is 13.1. The summed E-state index contributed by atoms with van der Waals surface area (Å²) in [5, 5.41) is 3.62. The van der Waals surface area contributed by atoms with Crippen molar-refractivity contribution in [1.29, 1.82) is 0 Å². The molecule has 1 aromatic rings. The number of nitrogens with one attached hydrogen (secondary N) is 1. The van der Waals surface area contributed by atoms with Gasteiger partial charge in [-0.05, 0) is 37.1 Å². The molecular formula is C16H29N3. The van der Waals surface area contributed by atoms with Crippen LogP contribution in [0.1, 0.15) is 58.7 Å². The summed E-state index contributed by atoms with van der Waals surface area (Å²) in [4.78, 5) is 4.62. The quantitative estimate of drug-likeness (QED) is 0.903. The highest BCUT2D eigenvalue weighted by Gasteiger charge is 2.37. The second-order valence-corrected chi connectivity index (χ2v) is 7.23. The molecular weight excluding hydrogens is 234 g/mol. The van der Waals surface area contributed by atoms with Gasteiger partial charge in [0.1, 0.15) is 5.82 Å². The summed E-state index contributed by atoms with van der Waals surface area (Å²) in [5.41, 5.74) is 0.449. The molecule has 1 saturated carbocycles. The molecule has 0 saturated heterocycles. The first-order chi connectivity index (χ1) is 8.89. The SMILES string of the molecule is CC(C)NCC1CCC(C)(C)CC1c1nccn1C. The van der Waals surface area contributed by atoms with Crippen molar-refractivity contribution in [2.75, 3.05) is 6.54 Å². The molecule has 0 bridgehead atoms. The van der Waals surface area contributed by atoms with E-state index in [-0.39, 0.29) is 0 Å². The van der Waals surface area contributed by atoms with Gasteiger partial charge in [0.05, 0.1) is 0 Å². The van der Waals surface area contributed by atoms with E-state index >= 15 is 0 Å². The van der Waals surface area contributed by atoms with Crippen LogP contribution in [0.5, 0.6) is 0 Å². The van der Waals surface area contributed by atoms with Gasteiger partial charge in [0.2, 0.25) is 0 Å². The Balaban J connectivity index is 2.14. The maximum atomic E-state index is 4.62. The van der Waals surface area contributed by atoms with E-state index in [1.807, 2.05) is 6.20 Å². The Labute approximate surface area is 117 Å². The zero-order valence-corrected chi connectivity index (χ0v) is 13.1. The summed E-state index contributed by atoms with van der Waals surface area (Å²) in [6.07, 6.45) is 7.90. The van der Waals surface area contributed by atoms with Crippen molar-refractivity contribution in [3.63, 3.8) is 0 Å². The molecule has 1 aliphatic rings. The fourth-order valence-electron chi connectivity index (χ4n) is 3.31. The standard InChI is InChI=1S/C16H29N3/c1-12(2)18-11-13-6-7-16(3,4)10-14(13)15-17-8-9-19(15)5/h8-9,12-14,18H,6-7,10-11H2,1-5H3. The highest BCUT2D eigenvalue weighted by molar-refractivity contribution is 5.06. The highest BCUT2D eigenvalue weighted by Crippen LogP contribution is 2.45. The highest BCUT2D eigenvalue weighted by atomic mass is 15.0. The number of aromatic nitrogens is 2. The molecule has 19 heavy (non-hydrogen) atoms. The smallest absolute Gasteiger partial charge is 0.111 e. The van der Waals surface area contributed by atoms with Crippen LogP contribution in [0.3, 0.4) is 0 Å². The van der Waals surface area contributed by atoms with E-state index < -0.39 is 0 Å². The van der Waals surface area contributed by atoms with Crippen molar-refractivity contribution in [2.45, 2.75) is 58.9 Å². The molecule has 0 aromatic carbocycles. The first-order valence-corrected chi connectivity index (χ1v) is 7.59. The second-order valence-electron chi connectivity index (χ2n) is 7.23. The number of hydrogen-bond donors (Lipinski definition) is 1. The molecule has 0 aliphatic heterocycles.